The van der Waals surface area contributed by atoms with Gasteiger partial charge in [0, 0.05) is 10.9 Å². The quantitative estimate of drug-likeness (QED) is 0.484. The first-order chi connectivity index (χ1) is 8.71. The Labute approximate surface area is 116 Å². The maximum atomic E-state index is 10.6. The Morgan fingerprint density at radius 3 is 2.32 bits per heavy atom. The normalized spacial score (nSPS) is 21.2. The zero-order valence-electron chi connectivity index (χ0n) is 11.4. The Balaban J connectivity index is 2.06. The van der Waals surface area contributed by atoms with Gasteiger partial charge < -0.3 is 9.31 Å². The van der Waals surface area contributed by atoms with E-state index in [2.05, 4.69) is 0 Å². The van der Waals surface area contributed by atoms with E-state index in [1.165, 1.54) is 6.07 Å². The van der Waals surface area contributed by atoms with Gasteiger partial charge in [0.25, 0.3) is 0 Å². The van der Waals surface area contributed by atoms with Crippen molar-refractivity contribution in [2.75, 3.05) is 0 Å². The molecule has 1 aliphatic rings. The highest BCUT2D eigenvalue weighted by molar-refractivity contribution is 7.16. The molecule has 0 atom stereocenters. The van der Waals surface area contributed by atoms with Crippen LogP contribution in [0.4, 0.5) is 5.00 Å². The van der Waals surface area contributed by atoms with E-state index >= 15 is 0 Å². The average Bonchev–Trinajstić information content (AvgIpc) is 2.79. The van der Waals surface area contributed by atoms with E-state index in [1.807, 2.05) is 27.7 Å². The zero-order valence-corrected chi connectivity index (χ0v) is 12.2. The number of thiophene rings is 1. The van der Waals surface area contributed by atoms with Crippen LogP contribution in [0.15, 0.2) is 18.1 Å². The molecule has 0 aromatic carbocycles. The lowest BCUT2D eigenvalue weighted by Gasteiger charge is -2.32. The molecule has 0 radical (unpaired) electrons. The minimum Gasteiger partial charge on any atom is -0.400 e. The van der Waals surface area contributed by atoms with Crippen molar-refractivity contribution in [2.24, 2.45) is 0 Å². The first kappa shape index (κ1) is 14.2. The predicted molar refractivity (Wildman–Crippen MR) is 76.1 cm³/mol. The number of rotatable bonds is 3. The van der Waals surface area contributed by atoms with Crippen LogP contribution in [0.3, 0.4) is 0 Å². The summed E-state index contributed by atoms with van der Waals surface area (Å²) >= 11 is 1.13. The number of hydrogen-bond acceptors (Lipinski definition) is 5. The molecule has 5 nitrogen and oxygen atoms in total. The average molecular weight is 281 g/mol. The second-order valence-electron chi connectivity index (χ2n) is 5.42. The van der Waals surface area contributed by atoms with Gasteiger partial charge >= 0.3 is 12.1 Å². The molecular weight excluding hydrogens is 265 g/mol. The Morgan fingerprint density at radius 2 is 1.84 bits per heavy atom. The lowest BCUT2D eigenvalue weighted by molar-refractivity contribution is -0.380. The molecular formula is C12H16BNO4S. The second-order valence-corrected chi connectivity index (χ2v) is 6.51. The molecule has 0 spiro atoms. The van der Waals surface area contributed by atoms with Crippen LogP contribution in [-0.4, -0.2) is 23.2 Å². The van der Waals surface area contributed by atoms with Gasteiger partial charge in [0.05, 0.1) is 16.1 Å². The van der Waals surface area contributed by atoms with Crippen LogP contribution >= 0.6 is 11.3 Å². The molecule has 0 bridgehead atoms. The summed E-state index contributed by atoms with van der Waals surface area (Å²) in [6.45, 7) is 7.93. The van der Waals surface area contributed by atoms with Gasteiger partial charge in [0.2, 0.25) is 0 Å². The maximum Gasteiger partial charge on any atom is 0.487 e. The van der Waals surface area contributed by atoms with Crippen molar-refractivity contribution < 1.29 is 14.2 Å². The first-order valence-electron chi connectivity index (χ1n) is 5.99. The molecule has 2 rings (SSSR count). The zero-order chi connectivity index (χ0) is 14.3. The highest BCUT2D eigenvalue weighted by Gasteiger charge is 2.49. The fourth-order valence-electron chi connectivity index (χ4n) is 1.67. The minimum atomic E-state index is -0.425. The fraction of sp³-hybridized carbons (Fsp3) is 0.500. The van der Waals surface area contributed by atoms with Crippen molar-refractivity contribution in [3.63, 3.8) is 0 Å². The summed E-state index contributed by atoms with van der Waals surface area (Å²) in [5.74, 6) is 1.78. The van der Waals surface area contributed by atoms with Crippen molar-refractivity contribution in [1.82, 2.24) is 0 Å². The molecule has 0 N–H and O–H groups in total. The van der Waals surface area contributed by atoms with Crippen LogP contribution in [0.1, 0.15) is 32.6 Å². The fourth-order valence-corrected chi connectivity index (χ4v) is 2.41. The van der Waals surface area contributed by atoms with Crippen LogP contribution in [0.25, 0.3) is 6.08 Å². The largest absolute Gasteiger partial charge is 0.487 e. The van der Waals surface area contributed by atoms with Gasteiger partial charge in [-0.3, -0.25) is 10.1 Å². The molecule has 1 aromatic rings. The van der Waals surface area contributed by atoms with Crippen LogP contribution in [0, 0.1) is 10.1 Å². The van der Waals surface area contributed by atoms with Gasteiger partial charge in [-0.05, 0) is 33.8 Å². The monoisotopic (exact) mass is 281 g/mol. The van der Waals surface area contributed by atoms with E-state index in [-0.39, 0.29) is 16.2 Å². The second kappa shape index (κ2) is 4.74. The summed E-state index contributed by atoms with van der Waals surface area (Å²) < 4.78 is 11.6. The highest BCUT2D eigenvalue weighted by Crippen LogP contribution is 2.37. The molecule has 2 heterocycles. The smallest absolute Gasteiger partial charge is 0.400 e. The molecule has 1 fully saturated rings. The third-order valence-corrected chi connectivity index (χ3v) is 4.48. The van der Waals surface area contributed by atoms with Gasteiger partial charge in [-0.2, -0.15) is 0 Å². The highest BCUT2D eigenvalue weighted by atomic mass is 32.1. The minimum absolute atomic E-state index is 0.133. The summed E-state index contributed by atoms with van der Waals surface area (Å²) in [7, 11) is -0.425. The van der Waals surface area contributed by atoms with E-state index < -0.39 is 12.0 Å². The summed E-state index contributed by atoms with van der Waals surface area (Å²) in [5.41, 5.74) is -0.743. The lowest BCUT2D eigenvalue weighted by atomic mass is 9.90. The Morgan fingerprint density at radius 1 is 1.26 bits per heavy atom. The third kappa shape index (κ3) is 2.88. The first-order valence-corrected chi connectivity index (χ1v) is 6.81. The van der Waals surface area contributed by atoms with Gasteiger partial charge in [-0.25, -0.2) is 0 Å². The Hall–Kier alpha value is -1.18. The van der Waals surface area contributed by atoms with Crippen LogP contribution in [-0.2, 0) is 9.31 Å². The molecule has 0 saturated carbocycles. The molecule has 102 valence electrons. The van der Waals surface area contributed by atoms with Crippen molar-refractivity contribution in [3.8, 4) is 0 Å². The standard InChI is InChI=1S/C12H16BNO4S/c1-11(2)12(3,4)18-13(17-11)8-7-9-5-6-10(19-9)14(15)16/h5-8H,1-4H3/b8-7+. The third-order valence-electron chi connectivity index (χ3n) is 3.48. The molecule has 0 amide bonds. The van der Waals surface area contributed by atoms with Gasteiger partial charge in [-0.1, -0.05) is 23.4 Å². The van der Waals surface area contributed by atoms with Gasteiger partial charge in [-0.15, -0.1) is 0 Å². The van der Waals surface area contributed by atoms with Gasteiger partial charge in [0.15, 0.2) is 0 Å². The topological polar surface area (TPSA) is 61.6 Å². The molecule has 19 heavy (non-hydrogen) atoms. The van der Waals surface area contributed by atoms with E-state index in [4.69, 9.17) is 9.31 Å². The molecule has 0 unspecified atom stereocenters. The summed E-state index contributed by atoms with van der Waals surface area (Å²) in [4.78, 5) is 11.0. The SMILES string of the molecule is CC1(C)OB(/C=C/c2ccc([N+](=O)[O-])s2)OC1(C)C. The van der Waals surface area contributed by atoms with Crippen molar-refractivity contribution in [1.29, 1.82) is 0 Å². The molecule has 1 saturated heterocycles. The maximum absolute atomic E-state index is 10.6. The summed E-state index contributed by atoms with van der Waals surface area (Å²) in [6, 6.07) is 3.21. The van der Waals surface area contributed by atoms with E-state index in [0.29, 0.717) is 0 Å². The van der Waals surface area contributed by atoms with Crippen molar-refractivity contribution in [3.05, 3.63) is 33.1 Å². The Kier molecular flexibility index (Phi) is 3.55. The van der Waals surface area contributed by atoms with E-state index in [1.54, 1.807) is 18.1 Å². The number of nitrogens with zero attached hydrogens (tertiary/aromatic N) is 1. The molecule has 0 aliphatic carbocycles. The summed E-state index contributed by atoms with van der Waals surface area (Å²) in [5, 5.41) is 10.7. The molecule has 7 heteroatoms. The lowest BCUT2D eigenvalue weighted by Crippen LogP contribution is -2.41. The molecule has 1 aliphatic heterocycles. The van der Waals surface area contributed by atoms with Crippen molar-refractivity contribution >= 4 is 29.5 Å². The number of nitro groups is 1. The van der Waals surface area contributed by atoms with Gasteiger partial charge in [0.1, 0.15) is 0 Å². The molecule has 1 aromatic heterocycles. The summed E-state index contributed by atoms with van der Waals surface area (Å²) in [6.07, 6.45) is 1.79. The van der Waals surface area contributed by atoms with Crippen molar-refractivity contribution in [2.45, 2.75) is 38.9 Å². The van der Waals surface area contributed by atoms with Crippen LogP contribution in [0.2, 0.25) is 0 Å². The van der Waals surface area contributed by atoms with E-state index in [0.717, 1.165) is 16.2 Å². The number of hydrogen-bond donors (Lipinski definition) is 0. The van der Waals surface area contributed by atoms with Crippen LogP contribution in [0.5, 0.6) is 0 Å². The van der Waals surface area contributed by atoms with E-state index in [9.17, 15) is 10.1 Å². The Bertz CT molecular complexity index is 508. The van der Waals surface area contributed by atoms with Crippen LogP contribution < -0.4 is 0 Å². The predicted octanol–water partition coefficient (Wildman–Crippen LogP) is 3.30.